The summed E-state index contributed by atoms with van der Waals surface area (Å²) in [5.41, 5.74) is 9.07. The normalized spacial score (nSPS) is 12.6. The van der Waals surface area contributed by atoms with Gasteiger partial charge in [0.2, 0.25) is 0 Å². The van der Waals surface area contributed by atoms with Crippen LogP contribution in [0.4, 0.5) is 0 Å². The summed E-state index contributed by atoms with van der Waals surface area (Å²) < 4.78 is 0. The van der Waals surface area contributed by atoms with Crippen molar-refractivity contribution < 1.29 is 0 Å². The monoisotopic (exact) mass is 265 g/mol. The second-order valence-corrected chi connectivity index (χ2v) is 5.78. The zero-order chi connectivity index (χ0) is 12.3. The maximum atomic E-state index is 5.82. The van der Waals surface area contributed by atoms with Gasteiger partial charge in [-0.15, -0.1) is 0 Å². The van der Waals surface area contributed by atoms with Crippen LogP contribution >= 0.6 is 23.1 Å². The minimum absolute atomic E-state index is 0.238. The zero-order valence-electron chi connectivity index (χ0n) is 9.88. The third kappa shape index (κ3) is 3.28. The van der Waals surface area contributed by atoms with E-state index in [4.69, 9.17) is 5.73 Å². The molecule has 0 bridgehead atoms. The summed E-state index contributed by atoms with van der Waals surface area (Å²) in [6.07, 6.45) is 0. The fourth-order valence-electron chi connectivity index (χ4n) is 1.58. The Labute approximate surface area is 109 Å². The summed E-state index contributed by atoms with van der Waals surface area (Å²) >= 11 is 3.32. The van der Waals surface area contributed by atoms with Gasteiger partial charge in [0.25, 0.3) is 0 Å². The first-order valence-electron chi connectivity index (χ1n) is 5.40. The van der Waals surface area contributed by atoms with E-state index in [9.17, 15) is 0 Å². The molecule has 0 fully saturated rings. The quantitative estimate of drug-likeness (QED) is 0.682. The molecule has 1 unspecified atom stereocenters. The SMILES string of the molecule is Cc1cc(C)nc(SC(CN)c2ccsc2)n1. The minimum Gasteiger partial charge on any atom is -0.329 e. The van der Waals surface area contributed by atoms with Crippen molar-refractivity contribution in [2.45, 2.75) is 24.3 Å². The Hall–Kier alpha value is -0.910. The molecule has 3 nitrogen and oxygen atoms in total. The molecule has 0 aliphatic rings. The second-order valence-electron chi connectivity index (χ2n) is 3.83. The van der Waals surface area contributed by atoms with E-state index in [1.54, 1.807) is 23.1 Å². The first kappa shape index (κ1) is 12.5. The molecule has 5 heteroatoms. The van der Waals surface area contributed by atoms with Crippen LogP contribution in [0.5, 0.6) is 0 Å². The lowest BCUT2D eigenvalue weighted by Crippen LogP contribution is -2.09. The third-order valence-electron chi connectivity index (χ3n) is 2.34. The summed E-state index contributed by atoms with van der Waals surface area (Å²) in [6.45, 7) is 4.57. The van der Waals surface area contributed by atoms with E-state index in [1.165, 1.54) is 5.56 Å². The maximum absolute atomic E-state index is 5.82. The molecule has 0 aliphatic carbocycles. The number of aryl methyl sites for hydroxylation is 2. The van der Waals surface area contributed by atoms with Gasteiger partial charge in [0, 0.05) is 17.9 Å². The molecule has 17 heavy (non-hydrogen) atoms. The van der Waals surface area contributed by atoms with E-state index >= 15 is 0 Å². The smallest absolute Gasteiger partial charge is 0.188 e. The highest BCUT2D eigenvalue weighted by molar-refractivity contribution is 7.99. The average Bonchev–Trinajstić information content (AvgIpc) is 2.77. The zero-order valence-corrected chi connectivity index (χ0v) is 11.5. The Bertz CT molecular complexity index is 462. The van der Waals surface area contributed by atoms with Crippen molar-refractivity contribution in [1.82, 2.24) is 9.97 Å². The predicted molar refractivity (Wildman–Crippen MR) is 73.5 cm³/mol. The fourth-order valence-corrected chi connectivity index (χ4v) is 3.41. The minimum atomic E-state index is 0.238. The second kappa shape index (κ2) is 5.62. The highest BCUT2D eigenvalue weighted by atomic mass is 32.2. The van der Waals surface area contributed by atoms with Crippen LogP contribution in [0.3, 0.4) is 0 Å². The standard InChI is InChI=1S/C12H15N3S2/c1-8-5-9(2)15-12(14-8)17-11(6-13)10-3-4-16-7-10/h3-5,7,11H,6,13H2,1-2H3. The fraction of sp³-hybridized carbons (Fsp3) is 0.333. The number of rotatable bonds is 4. The number of hydrogen-bond acceptors (Lipinski definition) is 5. The number of hydrogen-bond donors (Lipinski definition) is 1. The molecule has 0 saturated heterocycles. The average molecular weight is 265 g/mol. The molecule has 2 heterocycles. The first-order valence-corrected chi connectivity index (χ1v) is 7.22. The summed E-state index contributed by atoms with van der Waals surface area (Å²) in [6, 6.07) is 4.09. The van der Waals surface area contributed by atoms with Gasteiger partial charge in [0.05, 0.1) is 5.25 Å². The number of nitrogens with zero attached hydrogens (tertiary/aromatic N) is 2. The molecule has 90 valence electrons. The van der Waals surface area contributed by atoms with Gasteiger partial charge < -0.3 is 5.73 Å². The molecule has 0 aromatic carbocycles. The van der Waals surface area contributed by atoms with Gasteiger partial charge in [-0.05, 0) is 42.3 Å². The van der Waals surface area contributed by atoms with E-state index in [0.29, 0.717) is 6.54 Å². The van der Waals surface area contributed by atoms with Gasteiger partial charge in [-0.1, -0.05) is 11.8 Å². The lowest BCUT2D eigenvalue weighted by atomic mass is 10.2. The molecule has 1 atom stereocenters. The van der Waals surface area contributed by atoms with Crippen LogP contribution in [-0.2, 0) is 0 Å². The highest BCUT2D eigenvalue weighted by Gasteiger charge is 2.14. The van der Waals surface area contributed by atoms with Crippen molar-refractivity contribution in [3.63, 3.8) is 0 Å². The largest absolute Gasteiger partial charge is 0.329 e. The Morgan fingerprint density at radius 2 is 2.06 bits per heavy atom. The molecule has 2 N–H and O–H groups in total. The molecule has 0 amide bonds. The Morgan fingerprint density at radius 1 is 1.35 bits per heavy atom. The van der Waals surface area contributed by atoms with E-state index in [1.807, 2.05) is 19.9 Å². The maximum Gasteiger partial charge on any atom is 0.188 e. The third-order valence-corrected chi connectivity index (χ3v) is 4.18. The van der Waals surface area contributed by atoms with E-state index in [2.05, 4.69) is 26.8 Å². The predicted octanol–water partition coefficient (Wildman–Crippen LogP) is 2.95. The van der Waals surface area contributed by atoms with Gasteiger partial charge in [0.1, 0.15) is 0 Å². The summed E-state index contributed by atoms with van der Waals surface area (Å²) in [4.78, 5) is 8.86. The molecular formula is C12H15N3S2. The van der Waals surface area contributed by atoms with Gasteiger partial charge in [-0.25, -0.2) is 9.97 Å². The van der Waals surface area contributed by atoms with E-state index in [0.717, 1.165) is 16.5 Å². The molecular weight excluding hydrogens is 250 g/mol. The Balaban J connectivity index is 2.18. The van der Waals surface area contributed by atoms with Crippen LogP contribution in [-0.4, -0.2) is 16.5 Å². The Morgan fingerprint density at radius 3 is 2.59 bits per heavy atom. The number of thioether (sulfide) groups is 1. The summed E-state index contributed by atoms with van der Waals surface area (Å²) in [7, 11) is 0. The van der Waals surface area contributed by atoms with Crippen LogP contribution in [0.25, 0.3) is 0 Å². The van der Waals surface area contributed by atoms with Crippen molar-refractivity contribution in [3.8, 4) is 0 Å². The van der Waals surface area contributed by atoms with Crippen LogP contribution in [0.15, 0.2) is 28.0 Å². The van der Waals surface area contributed by atoms with E-state index < -0.39 is 0 Å². The molecule has 0 spiro atoms. The highest BCUT2D eigenvalue weighted by Crippen LogP contribution is 2.33. The molecule has 0 aliphatic heterocycles. The van der Waals surface area contributed by atoms with Crippen molar-refractivity contribution >= 4 is 23.1 Å². The lowest BCUT2D eigenvalue weighted by molar-refractivity contribution is 0.879. The van der Waals surface area contributed by atoms with E-state index in [-0.39, 0.29) is 5.25 Å². The topological polar surface area (TPSA) is 51.8 Å². The summed E-state index contributed by atoms with van der Waals surface area (Å²) in [5, 5.41) is 5.25. The van der Waals surface area contributed by atoms with Gasteiger partial charge >= 0.3 is 0 Å². The van der Waals surface area contributed by atoms with Crippen LogP contribution < -0.4 is 5.73 Å². The van der Waals surface area contributed by atoms with Crippen LogP contribution in [0.2, 0.25) is 0 Å². The molecule has 0 radical (unpaired) electrons. The molecule has 0 saturated carbocycles. The summed E-state index contributed by atoms with van der Waals surface area (Å²) in [5.74, 6) is 0. The molecule has 2 aromatic rings. The first-order chi connectivity index (χ1) is 8.19. The number of aromatic nitrogens is 2. The molecule has 2 rings (SSSR count). The van der Waals surface area contributed by atoms with Gasteiger partial charge in [0.15, 0.2) is 5.16 Å². The number of thiophene rings is 1. The van der Waals surface area contributed by atoms with Crippen molar-refractivity contribution in [2.24, 2.45) is 5.73 Å². The molecule has 2 aromatic heterocycles. The van der Waals surface area contributed by atoms with Crippen molar-refractivity contribution in [1.29, 1.82) is 0 Å². The Kier molecular flexibility index (Phi) is 4.15. The lowest BCUT2D eigenvalue weighted by Gasteiger charge is -2.12. The van der Waals surface area contributed by atoms with Crippen LogP contribution in [0.1, 0.15) is 22.2 Å². The number of nitrogens with two attached hydrogens (primary N) is 1. The van der Waals surface area contributed by atoms with Crippen molar-refractivity contribution in [3.05, 3.63) is 39.8 Å². The van der Waals surface area contributed by atoms with Gasteiger partial charge in [-0.3, -0.25) is 0 Å². The van der Waals surface area contributed by atoms with Crippen molar-refractivity contribution in [2.75, 3.05) is 6.54 Å². The van der Waals surface area contributed by atoms with Crippen LogP contribution in [0, 0.1) is 13.8 Å². The van der Waals surface area contributed by atoms with Gasteiger partial charge in [-0.2, -0.15) is 11.3 Å².